The Hall–Kier alpha value is -1.40. The minimum Gasteiger partial charge on any atom is -0.376 e. The highest BCUT2D eigenvalue weighted by Gasteiger charge is 2.18. The molecular formula is C13H17N3O2S. The van der Waals surface area contributed by atoms with Crippen LogP contribution in [-0.2, 0) is 11.8 Å². The average molecular weight is 279 g/mol. The topological polar surface area (TPSA) is 56.2 Å². The van der Waals surface area contributed by atoms with Crippen molar-refractivity contribution in [3.8, 4) is 0 Å². The van der Waals surface area contributed by atoms with Crippen molar-refractivity contribution in [3.05, 3.63) is 16.6 Å². The van der Waals surface area contributed by atoms with Crippen LogP contribution in [0.3, 0.4) is 0 Å². The second kappa shape index (κ2) is 4.94. The molecule has 0 aromatic carbocycles. The van der Waals surface area contributed by atoms with Crippen molar-refractivity contribution in [3.63, 3.8) is 0 Å². The smallest absolute Gasteiger partial charge is 0.261 e. The first-order valence-electron chi connectivity index (χ1n) is 6.48. The number of ether oxygens (including phenoxy) is 1. The summed E-state index contributed by atoms with van der Waals surface area (Å²) in [6.07, 6.45) is 2.31. The summed E-state index contributed by atoms with van der Waals surface area (Å²) in [5.41, 5.74) is 0.965. The predicted molar refractivity (Wildman–Crippen MR) is 74.6 cm³/mol. The highest BCUT2D eigenvalue weighted by atomic mass is 32.1. The van der Waals surface area contributed by atoms with Crippen molar-refractivity contribution in [1.29, 1.82) is 0 Å². The maximum absolute atomic E-state index is 12.1. The first kappa shape index (κ1) is 12.6. The molecule has 0 spiro atoms. The third-order valence-corrected chi connectivity index (χ3v) is 4.63. The second-order valence-corrected chi connectivity index (χ2v) is 5.91. The molecule has 1 aliphatic rings. The van der Waals surface area contributed by atoms with Crippen molar-refractivity contribution in [1.82, 2.24) is 15.1 Å². The zero-order valence-electron chi connectivity index (χ0n) is 11.1. The van der Waals surface area contributed by atoms with Gasteiger partial charge in [-0.1, -0.05) is 0 Å². The van der Waals surface area contributed by atoms with E-state index in [4.69, 9.17) is 4.74 Å². The molecule has 1 amide bonds. The number of nitrogens with one attached hydrogen (secondary N) is 1. The summed E-state index contributed by atoms with van der Waals surface area (Å²) in [5.74, 6) is -0.0175. The molecule has 1 fully saturated rings. The van der Waals surface area contributed by atoms with E-state index in [2.05, 4.69) is 10.4 Å². The molecule has 2 aromatic heterocycles. The molecule has 2 aromatic rings. The Bertz CT molecular complexity index is 576. The molecule has 3 rings (SSSR count). The lowest BCUT2D eigenvalue weighted by molar-refractivity contribution is 0.0861. The van der Waals surface area contributed by atoms with Crippen LogP contribution >= 0.6 is 11.3 Å². The highest BCUT2D eigenvalue weighted by Crippen LogP contribution is 2.27. The van der Waals surface area contributed by atoms with Crippen molar-refractivity contribution in [2.24, 2.45) is 7.05 Å². The van der Waals surface area contributed by atoms with E-state index in [0.717, 1.165) is 40.2 Å². The largest absolute Gasteiger partial charge is 0.376 e. The number of amides is 1. The zero-order chi connectivity index (χ0) is 13.4. The van der Waals surface area contributed by atoms with Crippen molar-refractivity contribution >= 4 is 27.5 Å². The van der Waals surface area contributed by atoms with Gasteiger partial charge in [-0.3, -0.25) is 9.48 Å². The number of fused-ring (bicyclic) bond motifs is 1. The van der Waals surface area contributed by atoms with Crippen LogP contribution in [0.5, 0.6) is 0 Å². The highest BCUT2D eigenvalue weighted by molar-refractivity contribution is 7.20. The second-order valence-electron chi connectivity index (χ2n) is 4.88. The summed E-state index contributed by atoms with van der Waals surface area (Å²) < 4.78 is 7.32. The number of hydrogen-bond acceptors (Lipinski definition) is 4. The van der Waals surface area contributed by atoms with Gasteiger partial charge in [0.1, 0.15) is 4.83 Å². The fourth-order valence-electron chi connectivity index (χ4n) is 2.42. The molecule has 0 unspecified atom stereocenters. The van der Waals surface area contributed by atoms with E-state index < -0.39 is 0 Å². The van der Waals surface area contributed by atoms with Gasteiger partial charge < -0.3 is 10.1 Å². The molecule has 3 heterocycles. The van der Waals surface area contributed by atoms with E-state index in [-0.39, 0.29) is 12.0 Å². The van der Waals surface area contributed by atoms with Gasteiger partial charge in [0.05, 0.1) is 16.7 Å². The summed E-state index contributed by atoms with van der Waals surface area (Å²) in [4.78, 5) is 13.9. The van der Waals surface area contributed by atoms with Crippen LogP contribution in [-0.4, -0.2) is 34.9 Å². The zero-order valence-corrected chi connectivity index (χ0v) is 11.9. The molecule has 1 saturated heterocycles. The maximum Gasteiger partial charge on any atom is 0.261 e. The molecule has 6 heteroatoms. The van der Waals surface area contributed by atoms with Crippen LogP contribution in [0.1, 0.15) is 28.2 Å². The van der Waals surface area contributed by atoms with Gasteiger partial charge in [-0.2, -0.15) is 5.10 Å². The molecule has 1 atom stereocenters. The van der Waals surface area contributed by atoms with Gasteiger partial charge in [0.25, 0.3) is 5.91 Å². The molecule has 102 valence electrons. The number of nitrogens with zero attached hydrogens (tertiary/aromatic N) is 2. The Balaban J connectivity index is 1.72. The molecular weight excluding hydrogens is 262 g/mol. The monoisotopic (exact) mass is 279 g/mol. The standard InChI is InChI=1S/C13H17N3O2S/c1-8-10-6-11(19-13(10)16(2)15-8)12(17)14-7-9-4-3-5-18-9/h6,9H,3-5,7H2,1-2H3,(H,14,17)/t9-/m0/s1. The average Bonchev–Trinajstić information content (AvgIpc) is 3.08. The summed E-state index contributed by atoms with van der Waals surface area (Å²) >= 11 is 1.48. The van der Waals surface area contributed by atoms with Crippen LogP contribution < -0.4 is 5.32 Å². The fourth-order valence-corrected chi connectivity index (χ4v) is 3.46. The lowest BCUT2D eigenvalue weighted by Gasteiger charge is -2.09. The normalized spacial score (nSPS) is 19.2. The van der Waals surface area contributed by atoms with E-state index in [1.165, 1.54) is 11.3 Å². The van der Waals surface area contributed by atoms with Gasteiger partial charge in [0, 0.05) is 25.6 Å². The van der Waals surface area contributed by atoms with E-state index in [9.17, 15) is 4.79 Å². The third-order valence-electron chi connectivity index (χ3n) is 3.43. The van der Waals surface area contributed by atoms with E-state index in [0.29, 0.717) is 6.54 Å². The van der Waals surface area contributed by atoms with Crippen LogP contribution in [0.2, 0.25) is 0 Å². The Morgan fingerprint density at radius 2 is 2.53 bits per heavy atom. The third kappa shape index (κ3) is 2.37. The Morgan fingerprint density at radius 1 is 1.68 bits per heavy atom. The summed E-state index contributed by atoms with van der Waals surface area (Å²) in [7, 11) is 1.90. The number of rotatable bonds is 3. The summed E-state index contributed by atoms with van der Waals surface area (Å²) in [6.45, 7) is 3.38. The fraction of sp³-hybridized carbons (Fsp3) is 0.538. The quantitative estimate of drug-likeness (QED) is 0.933. The number of thiophene rings is 1. The van der Waals surface area contributed by atoms with Crippen LogP contribution in [0, 0.1) is 6.92 Å². The van der Waals surface area contributed by atoms with Crippen molar-refractivity contribution in [2.75, 3.05) is 13.2 Å². The minimum atomic E-state index is -0.0175. The van der Waals surface area contributed by atoms with Crippen LogP contribution in [0.4, 0.5) is 0 Å². The molecule has 19 heavy (non-hydrogen) atoms. The minimum absolute atomic E-state index is 0.0175. The van der Waals surface area contributed by atoms with Gasteiger partial charge in [-0.15, -0.1) is 11.3 Å². The summed E-state index contributed by atoms with van der Waals surface area (Å²) in [5, 5.41) is 8.35. The van der Waals surface area contributed by atoms with Crippen molar-refractivity contribution in [2.45, 2.75) is 25.9 Å². The Morgan fingerprint density at radius 3 is 3.21 bits per heavy atom. The molecule has 0 saturated carbocycles. The van der Waals surface area contributed by atoms with Crippen molar-refractivity contribution < 1.29 is 9.53 Å². The van der Waals surface area contributed by atoms with Gasteiger partial charge in [-0.25, -0.2) is 0 Å². The van der Waals surface area contributed by atoms with E-state index in [1.807, 2.05) is 24.7 Å². The lowest BCUT2D eigenvalue weighted by atomic mass is 10.2. The van der Waals surface area contributed by atoms with Crippen LogP contribution in [0.25, 0.3) is 10.2 Å². The van der Waals surface area contributed by atoms with Gasteiger partial charge in [0.2, 0.25) is 0 Å². The molecule has 0 aliphatic carbocycles. The van der Waals surface area contributed by atoms with Gasteiger partial charge >= 0.3 is 0 Å². The van der Waals surface area contributed by atoms with Gasteiger partial charge in [-0.05, 0) is 25.8 Å². The molecule has 1 N–H and O–H groups in total. The molecule has 1 aliphatic heterocycles. The molecule has 0 bridgehead atoms. The molecule has 5 nitrogen and oxygen atoms in total. The molecule has 0 radical (unpaired) electrons. The number of hydrogen-bond donors (Lipinski definition) is 1. The van der Waals surface area contributed by atoms with Gasteiger partial charge in [0.15, 0.2) is 0 Å². The first-order valence-corrected chi connectivity index (χ1v) is 7.30. The number of carbonyl (C=O) groups is 1. The summed E-state index contributed by atoms with van der Waals surface area (Å²) in [6, 6.07) is 1.92. The van der Waals surface area contributed by atoms with E-state index in [1.54, 1.807) is 0 Å². The lowest BCUT2D eigenvalue weighted by Crippen LogP contribution is -2.31. The Kier molecular flexibility index (Phi) is 3.28. The Labute approximate surface area is 115 Å². The predicted octanol–water partition coefficient (Wildman–Crippen LogP) is 1.85. The van der Waals surface area contributed by atoms with E-state index >= 15 is 0 Å². The maximum atomic E-state index is 12.1. The number of aryl methyl sites for hydroxylation is 2. The van der Waals surface area contributed by atoms with Crippen LogP contribution in [0.15, 0.2) is 6.07 Å². The SMILES string of the molecule is Cc1nn(C)c2sc(C(=O)NC[C@@H]3CCCO3)cc12. The number of carbonyl (C=O) groups excluding carboxylic acids is 1. The number of aromatic nitrogens is 2. The first-order chi connectivity index (χ1) is 9.15.